The average molecular weight is 402 g/mol. The minimum Gasteiger partial charge on any atom is -0.399 e. The fourth-order valence-electron chi connectivity index (χ4n) is 3.20. The van der Waals surface area contributed by atoms with Crippen LogP contribution >= 0.6 is 36.2 Å². The SMILES string of the molecule is Cc1nc(CCCC(=O)NC2CCCc3cc(N)ccc32)cs1.Cl.Cl. The Balaban J connectivity index is 0.00000156. The molecule has 1 amide bonds. The zero-order valence-electron chi connectivity index (χ0n) is 14.3. The van der Waals surface area contributed by atoms with Gasteiger partial charge in [0.25, 0.3) is 0 Å². The molecule has 4 nitrogen and oxygen atoms in total. The molecule has 0 saturated heterocycles. The van der Waals surface area contributed by atoms with Crippen molar-refractivity contribution in [2.45, 2.75) is 51.5 Å². The highest BCUT2D eigenvalue weighted by molar-refractivity contribution is 7.09. The normalized spacial score (nSPS) is 15.5. The lowest BCUT2D eigenvalue weighted by atomic mass is 9.87. The Morgan fingerprint density at radius 2 is 2.20 bits per heavy atom. The van der Waals surface area contributed by atoms with E-state index in [0.717, 1.165) is 48.5 Å². The van der Waals surface area contributed by atoms with Crippen LogP contribution in [0.5, 0.6) is 0 Å². The lowest BCUT2D eigenvalue weighted by Gasteiger charge is -2.26. The standard InChI is InChI=1S/C18H23N3OS.2ClH/c1-12-20-15(11-23-12)5-3-7-18(22)21-17-6-2-4-13-10-14(19)8-9-16(13)17;;/h8-11,17H,2-7,19H2,1H3,(H,21,22);2*1H. The molecule has 3 rings (SSSR count). The first-order chi connectivity index (χ1) is 11.1. The Morgan fingerprint density at radius 1 is 1.40 bits per heavy atom. The predicted molar refractivity (Wildman–Crippen MR) is 109 cm³/mol. The van der Waals surface area contributed by atoms with Crippen molar-refractivity contribution in [2.75, 3.05) is 5.73 Å². The van der Waals surface area contributed by atoms with Crippen molar-refractivity contribution in [2.24, 2.45) is 0 Å². The summed E-state index contributed by atoms with van der Waals surface area (Å²) in [5.41, 5.74) is 10.3. The van der Waals surface area contributed by atoms with E-state index < -0.39 is 0 Å². The molecule has 7 heteroatoms. The zero-order chi connectivity index (χ0) is 16.2. The fraction of sp³-hybridized carbons (Fsp3) is 0.444. The number of benzene rings is 1. The molecule has 0 radical (unpaired) electrons. The van der Waals surface area contributed by atoms with Gasteiger partial charge in [0.05, 0.1) is 16.7 Å². The second-order valence-electron chi connectivity index (χ2n) is 6.18. The molecule has 1 unspecified atom stereocenters. The summed E-state index contributed by atoms with van der Waals surface area (Å²) in [6.45, 7) is 2.01. The third-order valence-corrected chi connectivity index (χ3v) is 5.14. The highest BCUT2D eigenvalue weighted by atomic mass is 35.5. The lowest BCUT2D eigenvalue weighted by molar-refractivity contribution is -0.122. The Morgan fingerprint density at radius 3 is 2.92 bits per heavy atom. The Bertz CT molecular complexity index is 705. The summed E-state index contributed by atoms with van der Waals surface area (Å²) in [5, 5.41) is 6.35. The number of nitrogens with zero attached hydrogens (tertiary/aromatic N) is 1. The first-order valence-electron chi connectivity index (χ1n) is 8.20. The van der Waals surface area contributed by atoms with Gasteiger partial charge < -0.3 is 11.1 Å². The molecule has 1 aromatic heterocycles. The van der Waals surface area contributed by atoms with Gasteiger partial charge in [0, 0.05) is 17.5 Å². The summed E-state index contributed by atoms with van der Waals surface area (Å²) in [5.74, 6) is 0.131. The number of hydrogen-bond acceptors (Lipinski definition) is 4. The quantitative estimate of drug-likeness (QED) is 0.729. The number of halogens is 2. The predicted octanol–water partition coefficient (Wildman–Crippen LogP) is 4.39. The van der Waals surface area contributed by atoms with Crippen LogP contribution < -0.4 is 11.1 Å². The lowest BCUT2D eigenvalue weighted by Crippen LogP contribution is -2.30. The van der Waals surface area contributed by atoms with Crippen LogP contribution in [-0.4, -0.2) is 10.9 Å². The van der Waals surface area contributed by atoms with Gasteiger partial charge in [0.2, 0.25) is 5.91 Å². The van der Waals surface area contributed by atoms with Gasteiger partial charge in [-0.25, -0.2) is 4.98 Å². The van der Waals surface area contributed by atoms with E-state index in [1.54, 1.807) is 11.3 Å². The van der Waals surface area contributed by atoms with E-state index in [-0.39, 0.29) is 36.8 Å². The van der Waals surface area contributed by atoms with Crippen LogP contribution in [-0.2, 0) is 17.6 Å². The molecule has 0 spiro atoms. The van der Waals surface area contributed by atoms with Crippen molar-refractivity contribution in [3.8, 4) is 0 Å². The van der Waals surface area contributed by atoms with E-state index in [0.29, 0.717) is 6.42 Å². The van der Waals surface area contributed by atoms with E-state index in [1.165, 1.54) is 11.1 Å². The molecule has 0 aliphatic heterocycles. The van der Waals surface area contributed by atoms with Crippen LogP contribution in [0.2, 0.25) is 0 Å². The third-order valence-electron chi connectivity index (χ3n) is 4.32. The zero-order valence-corrected chi connectivity index (χ0v) is 16.7. The average Bonchev–Trinajstić information content (AvgIpc) is 2.92. The van der Waals surface area contributed by atoms with Crippen LogP contribution in [0.3, 0.4) is 0 Å². The first-order valence-corrected chi connectivity index (χ1v) is 9.08. The summed E-state index contributed by atoms with van der Waals surface area (Å²) in [6, 6.07) is 6.16. The van der Waals surface area contributed by atoms with Crippen LogP contribution in [0.25, 0.3) is 0 Å². The second-order valence-corrected chi connectivity index (χ2v) is 7.24. The van der Waals surface area contributed by atoms with Gasteiger partial charge in [-0.1, -0.05) is 6.07 Å². The number of rotatable bonds is 5. The van der Waals surface area contributed by atoms with Gasteiger partial charge in [-0.15, -0.1) is 36.2 Å². The maximum absolute atomic E-state index is 12.2. The minimum atomic E-state index is 0. The highest BCUT2D eigenvalue weighted by Gasteiger charge is 2.21. The van der Waals surface area contributed by atoms with Gasteiger partial charge in [-0.3, -0.25) is 4.79 Å². The van der Waals surface area contributed by atoms with E-state index in [2.05, 4.69) is 21.7 Å². The molecule has 25 heavy (non-hydrogen) atoms. The summed E-state index contributed by atoms with van der Waals surface area (Å²) < 4.78 is 0. The number of hydrogen-bond donors (Lipinski definition) is 2. The number of carbonyl (C=O) groups excluding carboxylic acids is 1. The first kappa shape index (κ1) is 21.7. The van der Waals surface area contributed by atoms with Crippen LogP contribution in [0.1, 0.15) is 53.6 Å². The second kappa shape index (κ2) is 10.00. The summed E-state index contributed by atoms with van der Waals surface area (Å²) in [7, 11) is 0. The van der Waals surface area contributed by atoms with E-state index in [1.807, 2.05) is 19.1 Å². The third kappa shape index (κ3) is 5.87. The molecule has 138 valence electrons. The Kier molecular flexibility index (Phi) is 8.69. The maximum atomic E-state index is 12.2. The number of carbonyl (C=O) groups is 1. The molecule has 2 aromatic rings. The molecule has 1 aliphatic carbocycles. The Labute approximate surface area is 165 Å². The van der Waals surface area contributed by atoms with E-state index in [9.17, 15) is 4.79 Å². The van der Waals surface area contributed by atoms with Crippen molar-refractivity contribution in [3.63, 3.8) is 0 Å². The Hall–Kier alpha value is -1.30. The van der Waals surface area contributed by atoms with Gasteiger partial charge in [0.15, 0.2) is 0 Å². The smallest absolute Gasteiger partial charge is 0.220 e. The molecule has 1 aromatic carbocycles. The molecule has 0 fully saturated rings. The minimum absolute atomic E-state index is 0. The number of nitrogens with two attached hydrogens (primary N) is 1. The topological polar surface area (TPSA) is 68.0 Å². The monoisotopic (exact) mass is 401 g/mol. The number of nitrogen functional groups attached to an aromatic ring is 1. The number of nitrogens with one attached hydrogen (secondary N) is 1. The molecule has 3 N–H and O–H groups in total. The van der Waals surface area contributed by atoms with Crippen molar-refractivity contribution in [1.82, 2.24) is 10.3 Å². The number of anilines is 1. The molecule has 0 bridgehead atoms. The van der Waals surface area contributed by atoms with Gasteiger partial charge in [-0.2, -0.15) is 0 Å². The van der Waals surface area contributed by atoms with E-state index in [4.69, 9.17) is 5.73 Å². The molecule has 1 heterocycles. The molecular weight excluding hydrogens is 377 g/mol. The van der Waals surface area contributed by atoms with Crippen LogP contribution in [0.15, 0.2) is 23.6 Å². The highest BCUT2D eigenvalue weighted by Crippen LogP contribution is 2.31. The number of amides is 1. The summed E-state index contributed by atoms with van der Waals surface area (Å²) in [6.07, 6.45) is 5.42. The van der Waals surface area contributed by atoms with Crippen LogP contribution in [0.4, 0.5) is 5.69 Å². The van der Waals surface area contributed by atoms with Gasteiger partial charge in [-0.05, 0) is 62.3 Å². The van der Waals surface area contributed by atoms with E-state index >= 15 is 0 Å². The number of thiazole rings is 1. The van der Waals surface area contributed by atoms with Crippen molar-refractivity contribution < 1.29 is 4.79 Å². The summed E-state index contributed by atoms with van der Waals surface area (Å²) >= 11 is 1.66. The largest absolute Gasteiger partial charge is 0.399 e. The molecule has 1 atom stereocenters. The molecule has 1 aliphatic rings. The van der Waals surface area contributed by atoms with Gasteiger partial charge in [0.1, 0.15) is 0 Å². The van der Waals surface area contributed by atoms with Crippen molar-refractivity contribution >= 4 is 47.7 Å². The van der Waals surface area contributed by atoms with Crippen molar-refractivity contribution in [3.05, 3.63) is 45.4 Å². The molecular formula is C18H25Cl2N3OS. The van der Waals surface area contributed by atoms with Crippen LogP contribution in [0, 0.1) is 6.92 Å². The number of aryl methyl sites for hydroxylation is 3. The summed E-state index contributed by atoms with van der Waals surface area (Å²) in [4.78, 5) is 16.7. The number of aromatic nitrogens is 1. The van der Waals surface area contributed by atoms with Crippen molar-refractivity contribution in [1.29, 1.82) is 0 Å². The number of fused-ring (bicyclic) bond motifs is 1. The molecule has 0 saturated carbocycles. The van der Waals surface area contributed by atoms with Gasteiger partial charge >= 0.3 is 0 Å². The maximum Gasteiger partial charge on any atom is 0.220 e. The fourth-order valence-corrected chi connectivity index (χ4v) is 3.85.